The summed E-state index contributed by atoms with van der Waals surface area (Å²) in [5, 5.41) is 8.20. The fourth-order valence-electron chi connectivity index (χ4n) is 9.09. The molecular weight excluding hydrogens is 935 g/mol. The predicted octanol–water partition coefficient (Wildman–Crippen LogP) is 16.7. The van der Waals surface area contributed by atoms with Gasteiger partial charge < -0.3 is 0 Å². The topological polar surface area (TPSA) is 0 Å². The van der Waals surface area contributed by atoms with Crippen LogP contribution in [0, 0.1) is 17.9 Å². The Morgan fingerprint density at radius 1 is 0.470 bits per heavy atom. The van der Waals surface area contributed by atoms with E-state index < -0.39 is 20.8 Å². The Morgan fingerprint density at radius 3 is 1.30 bits per heavy atom. The number of fused-ring (bicyclic) bond motifs is 5. The molecule has 66 heavy (non-hydrogen) atoms. The van der Waals surface area contributed by atoms with Crippen LogP contribution in [0.25, 0.3) is 77.2 Å². The van der Waals surface area contributed by atoms with E-state index in [0.717, 1.165) is 22.4 Å². The van der Waals surface area contributed by atoms with E-state index in [1.165, 1.54) is 98.7 Å². The maximum Gasteiger partial charge on any atom is 0.0920 e. The molecule has 10 aromatic carbocycles. The Labute approximate surface area is 413 Å². The minimum Gasteiger partial charge on any atom is -0.184 e. The number of benzene rings is 8. The molecule has 0 atom stereocenters. The predicted molar refractivity (Wildman–Crippen MR) is 285 cm³/mol. The molecule has 1 aliphatic rings. The van der Waals surface area contributed by atoms with Gasteiger partial charge in [-0.1, -0.05) is 218 Å². The SMILES string of the molecule is CC(C)Cc1ccc2[cH-]c(-c3ccccc3)cc2c1-c1ccccc1.CC(C)Cc1ccc2[cH-]c(-c3ccccc3)cc2c1-c1ccccc1.[Cl][Zr][Cl].[c-]1cccc2c1[Si]c1ccccc1-2. The first-order chi connectivity index (χ1) is 32.3. The Bertz CT molecular complexity index is 2880. The van der Waals surface area contributed by atoms with Crippen LogP contribution in [0.5, 0.6) is 0 Å². The van der Waals surface area contributed by atoms with Crippen LogP contribution in [0.2, 0.25) is 0 Å². The van der Waals surface area contributed by atoms with E-state index in [2.05, 4.69) is 240 Å². The van der Waals surface area contributed by atoms with E-state index in [4.69, 9.17) is 17.0 Å². The molecule has 0 unspecified atom stereocenters. The van der Waals surface area contributed by atoms with Crippen molar-refractivity contribution in [2.45, 2.75) is 40.5 Å². The molecule has 0 aromatic heterocycles. The van der Waals surface area contributed by atoms with Crippen molar-refractivity contribution in [3.8, 4) is 55.6 Å². The second-order valence-electron chi connectivity index (χ2n) is 17.6. The summed E-state index contributed by atoms with van der Waals surface area (Å²) in [5.74, 6) is 1.28. The van der Waals surface area contributed by atoms with E-state index >= 15 is 0 Å². The van der Waals surface area contributed by atoms with Crippen LogP contribution >= 0.6 is 17.0 Å². The molecule has 2 radical (unpaired) electrons. The third-order valence-corrected chi connectivity index (χ3v) is 13.3. The van der Waals surface area contributed by atoms with Crippen molar-refractivity contribution < 1.29 is 20.8 Å². The van der Waals surface area contributed by atoms with E-state index in [-0.39, 0.29) is 0 Å². The number of rotatable bonds is 8. The Morgan fingerprint density at radius 2 is 0.864 bits per heavy atom. The van der Waals surface area contributed by atoms with Gasteiger partial charge in [0.25, 0.3) is 0 Å². The van der Waals surface area contributed by atoms with Gasteiger partial charge in [0, 0.05) is 0 Å². The second kappa shape index (κ2) is 22.9. The third kappa shape index (κ3) is 11.4. The maximum absolute atomic E-state index is 4.93. The fraction of sp³-hybridized carbons (Fsp3) is 0.129. The summed E-state index contributed by atoms with van der Waals surface area (Å²) in [6, 6.07) is 79.7. The summed E-state index contributed by atoms with van der Waals surface area (Å²) in [6.07, 6.45) is 2.21. The van der Waals surface area contributed by atoms with E-state index in [1.807, 2.05) is 6.07 Å². The first-order valence-electron chi connectivity index (χ1n) is 22.8. The Hall–Kier alpha value is -5.34. The van der Waals surface area contributed by atoms with Crippen LogP contribution in [-0.4, -0.2) is 9.52 Å². The molecule has 0 spiro atoms. The maximum atomic E-state index is 4.93. The van der Waals surface area contributed by atoms with Crippen LogP contribution < -0.4 is 10.4 Å². The van der Waals surface area contributed by atoms with Gasteiger partial charge >= 0.3 is 37.9 Å². The van der Waals surface area contributed by atoms with E-state index in [0.29, 0.717) is 11.8 Å². The number of hydrogen-bond donors (Lipinski definition) is 0. The van der Waals surface area contributed by atoms with Gasteiger partial charge in [-0.2, -0.15) is 29.5 Å². The van der Waals surface area contributed by atoms with Crippen LogP contribution in [0.3, 0.4) is 0 Å². The van der Waals surface area contributed by atoms with Gasteiger partial charge in [-0.15, -0.1) is 74.6 Å². The Kier molecular flexibility index (Phi) is 16.4. The van der Waals surface area contributed by atoms with Gasteiger partial charge in [0.05, 0.1) is 9.52 Å². The van der Waals surface area contributed by atoms with Gasteiger partial charge in [0.1, 0.15) is 0 Å². The van der Waals surface area contributed by atoms with Gasteiger partial charge in [0.2, 0.25) is 0 Å². The van der Waals surface area contributed by atoms with Crippen LogP contribution in [-0.2, 0) is 33.7 Å². The smallest absolute Gasteiger partial charge is 0.0920 e. The molecule has 0 fully saturated rings. The second-order valence-corrected chi connectivity index (χ2v) is 22.6. The quantitative estimate of drug-likeness (QED) is 0.105. The van der Waals surface area contributed by atoms with Crippen molar-refractivity contribution in [2.75, 3.05) is 0 Å². The molecule has 11 rings (SSSR count). The minimum absolute atomic E-state index is 0.642. The largest absolute Gasteiger partial charge is 0.184 e. The molecular formula is C62H53Cl2SiZr-3. The van der Waals surface area contributed by atoms with Gasteiger partial charge in [-0.3, -0.25) is 0 Å². The molecule has 326 valence electrons. The summed E-state index contributed by atoms with van der Waals surface area (Å²) < 4.78 is 0. The molecule has 1 heterocycles. The zero-order valence-corrected chi connectivity index (χ0v) is 43.0. The van der Waals surface area contributed by atoms with Gasteiger partial charge in [0.15, 0.2) is 0 Å². The number of hydrogen-bond acceptors (Lipinski definition) is 0. The van der Waals surface area contributed by atoms with E-state index in [9.17, 15) is 0 Å². The first kappa shape index (κ1) is 47.2. The monoisotopic (exact) mass is 985 g/mol. The zero-order valence-electron chi connectivity index (χ0n) is 38.0. The minimum atomic E-state index is -0.826. The van der Waals surface area contributed by atoms with Crippen LogP contribution in [0.4, 0.5) is 0 Å². The van der Waals surface area contributed by atoms with Gasteiger partial charge in [-0.05, 0) is 46.9 Å². The van der Waals surface area contributed by atoms with Crippen molar-refractivity contribution in [1.82, 2.24) is 0 Å². The standard InChI is InChI=1S/2C25H23.C12H7Si.2ClH.Zr/c2*1-18(2)15-22-14-13-21-16-23(19-9-5-3-6-10-19)17-24(21)25(22)20-11-7-4-8-12-20;1-3-7-11-9(5-1)10-6-2-4-8-12(10)13-11;;;/h2*3-14,16-18H,15H2,1-2H3;1-7H;2*1H;/q3*-1;;;+2/p-2. The molecule has 1 aliphatic heterocycles. The van der Waals surface area contributed by atoms with Gasteiger partial charge in [-0.25, -0.2) is 0 Å². The van der Waals surface area contributed by atoms with E-state index in [1.54, 1.807) is 0 Å². The molecule has 0 amide bonds. The molecule has 10 aromatic rings. The summed E-state index contributed by atoms with van der Waals surface area (Å²) in [7, 11) is 10.7. The molecule has 0 aliphatic carbocycles. The molecule has 0 saturated heterocycles. The normalized spacial score (nSPS) is 11.2. The number of halogens is 2. The average Bonchev–Trinajstić information content (AvgIpc) is 4.09. The Balaban J connectivity index is 0.000000136. The summed E-state index contributed by atoms with van der Waals surface area (Å²) >= 11 is -0.826. The summed E-state index contributed by atoms with van der Waals surface area (Å²) in [4.78, 5) is 0. The van der Waals surface area contributed by atoms with Crippen LogP contribution in [0.1, 0.15) is 38.8 Å². The molecule has 0 saturated carbocycles. The summed E-state index contributed by atoms with van der Waals surface area (Å²) in [6.45, 7) is 9.16. The first-order valence-corrected chi connectivity index (χ1v) is 30.1. The molecule has 4 heteroatoms. The van der Waals surface area contributed by atoms with Crippen molar-refractivity contribution in [1.29, 1.82) is 0 Å². The zero-order chi connectivity index (χ0) is 45.8. The van der Waals surface area contributed by atoms with Crippen molar-refractivity contribution in [2.24, 2.45) is 11.8 Å². The van der Waals surface area contributed by atoms with Crippen molar-refractivity contribution >= 4 is 58.5 Å². The fourth-order valence-corrected chi connectivity index (χ4v) is 10.4. The van der Waals surface area contributed by atoms with Crippen LogP contribution in [0.15, 0.2) is 212 Å². The molecule has 0 N–H and O–H groups in total. The molecule has 0 bridgehead atoms. The third-order valence-electron chi connectivity index (χ3n) is 11.9. The molecule has 0 nitrogen and oxygen atoms in total. The van der Waals surface area contributed by atoms with Crippen molar-refractivity contribution in [3.05, 3.63) is 230 Å². The van der Waals surface area contributed by atoms with Crippen molar-refractivity contribution in [3.63, 3.8) is 0 Å². The summed E-state index contributed by atoms with van der Waals surface area (Å²) in [5.41, 5.74) is 16.2. The average molecular weight is 988 g/mol.